The first kappa shape index (κ1) is 17.2. The van der Waals surface area contributed by atoms with Crippen molar-refractivity contribution < 1.29 is 0 Å². The van der Waals surface area contributed by atoms with Crippen LogP contribution in [-0.2, 0) is 5.41 Å². The molecule has 0 saturated carbocycles. The summed E-state index contributed by atoms with van der Waals surface area (Å²) < 4.78 is 0. The van der Waals surface area contributed by atoms with Crippen molar-refractivity contribution in [2.45, 2.75) is 39.0 Å². The summed E-state index contributed by atoms with van der Waals surface area (Å²) in [7, 11) is 0. The number of benzene rings is 2. The highest BCUT2D eigenvalue weighted by molar-refractivity contribution is 5.89. The zero-order chi connectivity index (χ0) is 19.3. The molecular weight excluding hydrogens is 338 g/mol. The van der Waals surface area contributed by atoms with E-state index >= 15 is 0 Å². The van der Waals surface area contributed by atoms with Gasteiger partial charge in [-0.15, -0.1) is 0 Å². The number of rotatable bonds is 2. The Bertz CT molecular complexity index is 1130. The third-order valence-electron chi connectivity index (χ3n) is 6.33. The third-order valence-corrected chi connectivity index (χ3v) is 6.33. The number of aromatic nitrogens is 1. The second kappa shape index (κ2) is 6.31. The van der Waals surface area contributed by atoms with E-state index in [4.69, 9.17) is 0 Å². The Morgan fingerprint density at radius 2 is 1.57 bits per heavy atom. The second-order valence-corrected chi connectivity index (χ2v) is 8.54. The van der Waals surface area contributed by atoms with Crippen LogP contribution in [0, 0.1) is 6.92 Å². The quantitative estimate of drug-likeness (QED) is 0.472. The molecule has 28 heavy (non-hydrogen) atoms. The number of pyridine rings is 1. The highest BCUT2D eigenvalue weighted by atomic mass is 14.6. The minimum absolute atomic E-state index is 0.142. The van der Waals surface area contributed by atoms with Gasteiger partial charge >= 0.3 is 0 Å². The fourth-order valence-corrected chi connectivity index (χ4v) is 4.88. The number of nitrogens with zero attached hydrogens (tertiary/aromatic N) is 1. The van der Waals surface area contributed by atoms with Crippen molar-refractivity contribution in [2.24, 2.45) is 0 Å². The van der Waals surface area contributed by atoms with E-state index in [1.165, 1.54) is 50.9 Å². The topological polar surface area (TPSA) is 12.9 Å². The van der Waals surface area contributed by atoms with Crippen LogP contribution in [0.3, 0.4) is 0 Å². The molecule has 0 aliphatic heterocycles. The summed E-state index contributed by atoms with van der Waals surface area (Å²) in [5.74, 6) is 0. The molecule has 2 aliphatic rings. The highest BCUT2D eigenvalue weighted by Gasteiger charge is 2.37. The highest BCUT2D eigenvalue weighted by Crippen LogP contribution is 2.50. The van der Waals surface area contributed by atoms with Gasteiger partial charge in [0, 0.05) is 17.8 Å². The van der Waals surface area contributed by atoms with Gasteiger partial charge in [0.25, 0.3) is 0 Å². The van der Waals surface area contributed by atoms with Gasteiger partial charge in [-0.2, -0.15) is 0 Å². The largest absolute Gasteiger partial charge is 0.265 e. The molecule has 5 rings (SSSR count). The number of allylic oxidation sites excluding steroid dienone is 4. The molecule has 1 heteroatoms. The molecule has 0 radical (unpaired) electrons. The fourth-order valence-electron chi connectivity index (χ4n) is 4.88. The lowest BCUT2D eigenvalue weighted by Crippen LogP contribution is -2.17. The maximum Gasteiger partial charge on any atom is 0.0273 e. The van der Waals surface area contributed by atoms with Gasteiger partial charge in [0.2, 0.25) is 0 Å². The molecule has 0 saturated heterocycles. The molecule has 3 aromatic rings. The van der Waals surface area contributed by atoms with Crippen molar-refractivity contribution in [3.63, 3.8) is 0 Å². The minimum atomic E-state index is 0.142. The molecule has 2 aliphatic carbocycles. The minimum Gasteiger partial charge on any atom is -0.265 e. The standard InChI is InChI=1S/C27H25N/c1-18-14-21(19-10-12-28-13-11-19)16-22(15-18)20-8-9-26-24(17-20)23-6-4-5-7-25(23)27(26,2)3/h4,6,8-17H,5,7H2,1-3H3. The van der Waals surface area contributed by atoms with E-state index in [1.54, 1.807) is 5.57 Å². The number of hydrogen-bond acceptors (Lipinski definition) is 1. The molecule has 1 heterocycles. The molecule has 0 bridgehead atoms. The molecule has 138 valence electrons. The van der Waals surface area contributed by atoms with E-state index in [9.17, 15) is 0 Å². The Morgan fingerprint density at radius 3 is 2.36 bits per heavy atom. The first-order chi connectivity index (χ1) is 13.5. The van der Waals surface area contributed by atoms with Gasteiger partial charge < -0.3 is 0 Å². The van der Waals surface area contributed by atoms with Crippen LogP contribution in [0.1, 0.15) is 43.4 Å². The number of aryl methyl sites for hydroxylation is 1. The molecule has 0 unspecified atom stereocenters. The summed E-state index contributed by atoms with van der Waals surface area (Å²) in [5.41, 5.74) is 12.4. The van der Waals surface area contributed by atoms with E-state index < -0.39 is 0 Å². The summed E-state index contributed by atoms with van der Waals surface area (Å²) >= 11 is 0. The van der Waals surface area contributed by atoms with Crippen LogP contribution >= 0.6 is 0 Å². The number of fused-ring (bicyclic) bond motifs is 2. The van der Waals surface area contributed by atoms with Crippen molar-refractivity contribution in [2.75, 3.05) is 0 Å². The molecule has 2 aromatic carbocycles. The Kier molecular flexibility index (Phi) is 3.87. The van der Waals surface area contributed by atoms with Crippen LogP contribution in [-0.4, -0.2) is 4.98 Å². The molecule has 0 amide bonds. The van der Waals surface area contributed by atoms with E-state index in [-0.39, 0.29) is 5.41 Å². The van der Waals surface area contributed by atoms with Crippen molar-refractivity contribution in [3.05, 3.63) is 95.3 Å². The van der Waals surface area contributed by atoms with Crippen LogP contribution < -0.4 is 0 Å². The Morgan fingerprint density at radius 1 is 0.821 bits per heavy atom. The third kappa shape index (κ3) is 2.65. The smallest absolute Gasteiger partial charge is 0.0273 e. The summed E-state index contributed by atoms with van der Waals surface area (Å²) in [6, 6.07) is 18.1. The van der Waals surface area contributed by atoms with E-state index in [0.29, 0.717) is 0 Å². The maximum absolute atomic E-state index is 4.15. The van der Waals surface area contributed by atoms with Crippen LogP contribution in [0.25, 0.3) is 27.8 Å². The lowest BCUT2D eigenvalue weighted by atomic mass is 9.78. The molecular formula is C27H25N. The maximum atomic E-state index is 4.15. The Labute approximate surface area is 167 Å². The second-order valence-electron chi connectivity index (χ2n) is 8.54. The Balaban J connectivity index is 1.64. The molecule has 1 nitrogen and oxygen atoms in total. The zero-order valence-corrected chi connectivity index (χ0v) is 16.8. The van der Waals surface area contributed by atoms with E-state index in [2.05, 4.69) is 86.4 Å². The summed E-state index contributed by atoms with van der Waals surface area (Å²) in [5, 5.41) is 0. The van der Waals surface area contributed by atoms with Crippen LogP contribution in [0.4, 0.5) is 0 Å². The lowest BCUT2D eigenvalue weighted by Gasteiger charge is -2.25. The fraction of sp³-hybridized carbons (Fsp3) is 0.222. The van der Waals surface area contributed by atoms with Crippen LogP contribution in [0.2, 0.25) is 0 Å². The first-order valence-corrected chi connectivity index (χ1v) is 10.1. The summed E-state index contributed by atoms with van der Waals surface area (Å²) in [6.45, 7) is 6.93. The molecule has 0 spiro atoms. The van der Waals surface area contributed by atoms with Crippen molar-refractivity contribution in [1.29, 1.82) is 0 Å². The Hall–Kier alpha value is -2.93. The first-order valence-electron chi connectivity index (χ1n) is 10.1. The normalized spacial score (nSPS) is 16.8. The van der Waals surface area contributed by atoms with Crippen molar-refractivity contribution in [1.82, 2.24) is 4.98 Å². The van der Waals surface area contributed by atoms with E-state index in [1.807, 2.05) is 12.4 Å². The monoisotopic (exact) mass is 363 g/mol. The molecule has 1 aromatic heterocycles. The van der Waals surface area contributed by atoms with Gasteiger partial charge in [0.05, 0.1) is 0 Å². The lowest BCUT2D eigenvalue weighted by molar-refractivity contribution is 0.607. The predicted molar refractivity (Wildman–Crippen MR) is 118 cm³/mol. The molecule has 0 N–H and O–H groups in total. The SMILES string of the molecule is Cc1cc(-c2ccncc2)cc(-c2ccc3c(c2)C2=C(CCC=C2)C3(C)C)c1. The molecule has 0 atom stereocenters. The van der Waals surface area contributed by atoms with Crippen LogP contribution in [0.15, 0.2) is 78.6 Å². The van der Waals surface area contributed by atoms with Gasteiger partial charge in [-0.3, -0.25) is 4.98 Å². The summed E-state index contributed by atoms with van der Waals surface area (Å²) in [6.07, 6.45) is 10.7. The molecule has 0 fully saturated rings. The van der Waals surface area contributed by atoms with Crippen LogP contribution in [0.5, 0.6) is 0 Å². The van der Waals surface area contributed by atoms with Crippen molar-refractivity contribution in [3.8, 4) is 22.3 Å². The predicted octanol–water partition coefficient (Wildman–Crippen LogP) is 7.12. The van der Waals surface area contributed by atoms with Gasteiger partial charge in [-0.05, 0) is 88.5 Å². The van der Waals surface area contributed by atoms with Gasteiger partial charge in [0.1, 0.15) is 0 Å². The average molecular weight is 364 g/mol. The zero-order valence-electron chi connectivity index (χ0n) is 16.8. The van der Waals surface area contributed by atoms with E-state index in [0.717, 1.165) is 6.42 Å². The van der Waals surface area contributed by atoms with Gasteiger partial charge in [0.15, 0.2) is 0 Å². The van der Waals surface area contributed by atoms with Gasteiger partial charge in [-0.25, -0.2) is 0 Å². The van der Waals surface area contributed by atoms with Crippen molar-refractivity contribution >= 4 is 5.57 Å². The number of hydrogen-bond donors (Lipinski definition) is 0. The van der Waals surface area contributed by atoms with Gasteiger partial charge in [-0.1, -0.05) is 55.8 Å². The summed E-state index contributed by atoms with van der Waals surface area (Å²) in [4.78, 5) is 4.15. The average Bonchev–Trinajstić information content (AvgIpc) is 2.95.